The molecule has 0 unspecified atom stereocenters. The van der Waals surface area contributed by atoms with Crippen LogP contribution in [0.5, 0.6) is 0 Å². The molecule has 34 heavy (non-hydrogen) atoms. The fourth-order valence-electron chi connectivity index (χ4n) is 3.85. The van der Waals surface area contributed by atoms with Crippen LogP contribution in [0.1, 0.15) is 5.56 Å². The van der Waals surface area contributed by atoms with Gasteiger partial charge in [-0.1, -0.05) is 30.3 Å². The Morgan fingerprint density at radius 3 is 2.68 bits per heavy atom. The highest BCUT2D eigenvalue weighted by atomic mass is 16.1. The van der Waals surface area contributed by atoms with Crippen molar-refractivity contribution >= 4 is 33.8 Å². The molecule has 1 aromatic carbocycles. The zero-order chi connectivity index (χ0) is 22.9. The number of hydrogen-bond acceptors (Lipinski definition) is 6. The summed E-state index contributed by atoms with van der Waals surface area (Å²) >= 11 is 0. The molecule has 0 fully saturated rings. The topological polar surface area (TPSA) is 125 Å². The molecule has 9 heteroatoms. The van der Waals surface area contributed by atoms with Crippen LogP contribution in [0.4, 0.5) is 5.69 Å². The molecule has 164 valence electrons. The van der Waals surface area contributed by atoms with Crippen molar-refractivity contribution in [3.8, 4) is 22.6 Å². The molecule has 6 rings (SSSR count). The molecule has 0 aliphatic rings. The number of rotatable bonds is 5. The molecule has 9 nitrogen and oxygen atoms in total. The van der Waals surface area contributed by atoms with E-state index in [4.69, 9.17) is 0 Å². The summed E-state index contributed by atoms with van der Waals surface area (Å²) in [5.74, 6) is 0.508. The number of nitrogens with one attached hydrogen (secondary N) is 3. The van der Waals surface area contributed by atoms with Gasteiger partial charge in [-0.15, -0.1) is 0 Å². The fourth-order valence-corrected chi connectivity index (χ4v) is 3.85. The Kier molecular flexibility index (Phi) is 4.77. The van der Waals surface area contributed by atoms with Crippen molar-refractivity contribution in [2.24, 2.45) is 0 Å². The van der Waals surface area contributed by atoms with Gasteiger partial charge in [0, 0.05) is 29.7 Å². The van der Waals surface area contributed by atoms with Crippen LogP contribution < -0.4 is 5.32 Å². The molecule has 3 N–H and O–H groups in total. The Balaban J connectivity index is 1.30. The van der Waals surface area contributed by atoms with E-state index in [0.29, 0.717) is 34.9 Å². The maximum absolute atomic E-state index is 12.5. The second kappa shape index (κ2) is 8.21. The maximum Gasteiger partial charge on any atom is 0.228 e. The maximum atomic E-state index is 12.5. The molecule has 0 aliphatic heterocycles. The zero-order valence-electron chi connectivity index (χ0n) is 17.9. The number of anilines is 1. The van der Waals surface area contributed by atoms with Gasteiger partial charge < -0.3 is 10.3 Å². The Morgan fingerprint density at radius 1 is 0.912 bits per heavy atom. The van der Waals surface area contributed by atoms with Gasteiger partial charge in [0.15, 0.2) is 17.1 Å². The van der Waals surface area contributed by atoms with Crippen LogP contribution in [-0.4, -0.2) is 41.0 Å². The van der Waals surface area contributed by atoms with Crippen molar-refractivity contribution in [1.29, 1.82) is 0 Å². The van der Waals surface area contributed by atoms with Crippen molar-refractivity contribution in [3.05, 3.63) is 84.9 Å². The number of imidazole rings is 1. The lowest BCUT2D eigenvalue weighted by molar-refractivity contribution is -0.115. The molecule has 0 radical (unpaired) electrons. The Hall–Kier alpha value is -4.92. The van der Waals surface area contributed by atoms with Crippen molar-refractivity contribution in [1.82, 2.24) is 35.1 Å². The number of H-pyrrole nitrogens is 2. The number of aromatic nitrogens is 7. The van der Waals surface area contributed by atoms with Gasteiger partial charge in [0.2, 0.25) is 5.91 Å². The first-order valence-corrected chi connectivity index (χ1v) is 10.7. The standard InChI is InChI=1S/C25H18N8O/c34-21(9-15-5-2-1-3-6-15)29-18-10-16(12-26-14-18)17-11-19-22(32-33-23(19)28-13-17)25-30-20-7-4-8-27-24(20)31-25/h1-8,10-14H,9H2,(H,29,34)(H,27,30,31)(H,28,32,33). The van der Waals surface area contributed by atoms with E-state index in [2.05, 4.69) is 40.4 Å². The molecule has 0 aliphatic carbocycles. The van der Waals surface area contributed by atoms with E-state index >= 15 is 0 Å². The summed E-state index contributed by atoms with van der Waals surface area (Å²) in [6.07, 6.45) is 7.12. The van der Waals surface area contributed by atoms with Crippen LogP contribution in [0.15, 0.2) is 79.4 Å². The number of hydrogen-bond donors (Lipinski definition) is 3. The van der Waals surface area contributed by atoms with Gasteiger partial charge >= 0.3 is 0 Å². The van der Waals surface area contributed by atoms with Crippen LogP contribution >= 0.6 is 0 Å². The minimum Gasteiger partial charge on any atom is -0.324 e. The second-order valence-electron chi connectivity index (χ2n) is 7.82. The van der Waals surface area contributed by atoms with Crippen molar-refractivity contribution < 1.29 is 4.79 Å². The lowest BCUT2D eigenvalue weighted by Crippen LogP contribution is -2.14. The summed E-state index contributed by atoms with van der Waals surface area (Å²) in [6, 6.07) is 17.2. The number of fused-ring (bicyclic) bond motifs is 2. The minimum atomic E-state index is -0.102. The highest BCUT2D eigenvalue weighted by Gasteiger charge is 2.15. The van der Waals surface area contributed by atoms with Gasteiger partial charge in [-0.25, -0.2) is 15.0 Å². The van der Waals surface area contributed by atoms with Gasteiger partial charge in [-0.3, -0.25) is 14.9 Å². The predicted molar refractivity (Wildman–Crippen MR) is 129 cm³/mol. The predicted octanol–water partition coefficient (Wildman–Crippen LogP) is 4.14. The normalized spacial score (nSPS) is 11.2. The SMILES string of the molecule is O=C(Cc1ccccc1)Nc1cncc(-c2cnc3[nH]nc(-c4nc5cccnc5[nH]4)c3c2)c1. The highest BCUT2D eigenvalue weighted by Crippen LogP contribution is 2.29. The molecule has 5 heterocycles. The first-order valence-electron chi connectivity index (χ1n) is 10.7. The van der Waals surface area contributed by atoms with E-state index < -0.39 is 0 Å². The van der Waals surface area contributed by atoms with Crippen LogP contribution in [0.3, 0.4) is 0 Å². The van der Waals surface area contributed by atoms with E-state index in [1.165, 1.54) is 0 Å². The smallest absolute Gasteiger partial charge is 0.228 e. The number of aromatic amines is 2. The molecular formula is C25H18N8O. The van der Waals surface area contributed by atoms with Crippen molar-refractivity contribution in [3.63, 3.8) is 0 Å². The Bertz CT molecular complexity index is 1600. The molecular weight excluding hydrogens is 428 g/mol. The lowest BCUT2D eigenvalue weighted by atomic mass is 10.1. The van der Waals surface area contributed by atoms with Gasteiger partial charge in [0.1, 0.15) is 11.2 Å². The van der Waals surface area contributed by atoms with E-state index in [0.717, 1.165) is 27.6 Å². The Morgan fingerprint density at radius 2 is 1.79 bits per heavy atom. The van der Waals surface area contributed by atoms with E-state index in [-0.39, 0.29) is 5.91 Å². The summed E-state index contributed by atoms with van der Waals surface area (Å²) in [7, 11) is 0. The van der Waals surface area contributed by atoms with Crippen molar-refractivity contribution in [2.45, 2.75) is 6.42 Å². The van der Waals surface area contributed by atoms with E-state index in [1.807, 2.05) is 54.6 Å². The molecule has 0 saturated carbocycles. The number of carbonyl (C=O) groups excluding carboxylic acids is 1. The van der Waals surface area contributed by atoms with E-state index in [9.17, 15) is 4.79 Å². The number of amides is 1. The number of pyridine rings is 3. The van der Waals surface area contributed by atoms with E-state index in [1.54, 1.807) is 24.8 Å². The van der Waals surface area contributed by atoms with Crippen LogP contribution in [0.2, 0.25) is 0 Å². The molecule has 0 atom stereocenters. The lowest BCUT2D eigenvalue weighted by Gasteiger charge is -2.07. The Labute approximate surface area is 193 Å². The third-order valence-corrected chi connectivity index (χ3v) is 5.46. The van der Waals surface area contributed by atoms with Gasteiger partial charge in [-0.2, -0.15) is 5.10 Å². The van der Waals surface area contributed by atoms with Gasteiger partial charge in [-0.05, 0) is 29.8 Å². The fraction of sp³-hybridized carbons (Fsp3) is 0.0400. The molecule has 0 bridgehead atoms. The zero-order valence-corrected chi connectivity index (χ0v) is 17.9. The number of carbonyl (C=O) groups is 1. The van der Waals surface area contributed by atoms with Crippen LogP contribution in [0.25, 0.3) is 44.8 Å². The van der Waals surface area contributed by atoms with Crippen LogP contribution in [0, 0.1) is 0 Å². The summed E-state index contributed by atoms with van der Waals surface area (Å²) < 4.78 is 0. The highest BCUT2D eigenvalue weighted by molar-refractivity contribution is 5.94. The number of nitrogens with zero attached hydrogens (tertiary/aromatic N) is 5. The van der Waals surface area contributed by atoms with Gasteiger partial charge in [0.05, 0.1) is 23.7 Å². The first kappa shape index (κ1) is 19.7. The number of benzene rings is 1. The quantitative estimate of drug-likeness (QED) is 0.365. The largest absolute Gasteiger partial charge is 0.324 e. The minimum absolute atomic E-state index is 0.102. The molecule has 0 saturated heterocycles. The third-order valence-electron chi connectivity index (χ3n) is 5.46. The molecule has 6 aromatic rings. The average molecular weight is 446 g/mol. The summed E-state index contributed by atoms with van der Waals surface area (Å²) in [4.78, 5) is 33.4. The molecule has 5 aromatic heterocycles. The summed E-state index contributed by atoms with van der Waals surface area (Å²) in [6.45, 7) is 0. The molecule has 1 amide bonds. The summed E-state index contributed by atoms with van der Waals surface area (Å²) in [5, 5.41) is 11.1. The van der Waals surface area contributed by atoms with Gasteiger partial charge in [0.25, 0.3) is 0 Å². The average Bonchev–Trinajstić information content (AvgIpc) is 3.48. The molecule has 0 spiro atoms. The third kappa shape index (κ3) is 3.75. The van der Waals surface area contributed by atoms with Crippen molar-refractivity contribution in [2.75, 3.05) is 5.32 Å². The summed E-state index contributed by atoms with van der Waals surface area (Å²) in [5.41, 5.74) is 6.00. The van der Waals surface area contributed by atoms with Crippen LogP contribution in [-0.2, 0) is 11.2 Å². The second-order valence-corrected chi connectivity index (χ2v) is 7.82. The monoisotopic (exact) mass is 446 g/mol. The first-order chi connectivity index (χ1) is 16.7.